The summed E-state index contributed by atoms with van der Waals surface area (Å²) in [7, 11) is 0. The average Bonchev–Trinajstić information content (AvgIpc) is 2.08. The van der Waals surface area contributed by atoms with E-state index in [0.717, 1.165) is 19.3 Å². The maximum atomic E-state index is 11.5. The summed E-state index contributed by atoms with van der Waals surface area (Å²) < 4.78 is 38.0. The highest BCUT2D eigenvalue weighted by Crippen LogP contribution is 2.24. The predicted octanol–water partition coefficient (Wildman–Crippen LogP) is 4.53. The highest BCUT2D eigenvalue weighted by molar-refractivity contribution is 7.94. The van der Waals surface area contributed by atoms with Crippen molar-refractivity contribution < 1.29 is 17.4 Å². The minimum absolute atomic E-state index is 0.422. The van der Waals surface area contributed by atoms with E-state index in [0.29, 0.717) is 17.8 Å². The largest absolute Gasteiger partial charge is 0.533 e. The van der Waals surface area contributed by atoms with E-state index in [4.69, 9.17) is 0 Å². The Kier molecular flexibility index (Phi) is 8.47. The highest BCUT2D eigenvalue weighted by Gasteiger charge is 2.29. The average molecular weight is 230 g/mol. The van der Waals surface area contributed by atoms with Crippen molar-refractivity contribution in [1.29, 1.82) is 0 Å². The third-order valence-electron chi connectivity index (χ3n) is 1.73. The molecule has 1 nitrogen and oxygen atoms in total. The van der Waals surface area contributed by atoms with Gasteiger partial charge in [0.15, 0.2) is 0 Å². The lowest BCUT2D eigenvalue weighted by Gasteiger charge is -2.05. The highest BCUT2D eigenvalue weighted by atomic mass is 32.2. The number of halogens is 3. The van der Waals surface area contributed by atoms with Crippen molar-refractivity contribution in [3.8, 4) is 0 Å². The molecule has 0 aromatic rings. The second-order valence-corrected chi connectivity index (χ2v) is 3.93. The Balaban J connectivity index is 2.99. The minimum atomic E-state index is -4.49. The number of hydrogen-bond donors (Lipinski definition) is 0. The molecule has 0 aliphatic carbocycles. The number of rotatable bonds is 8. The molecular formula is C9H17F3OS. The van der Waals surface area contributed by atoms with E-state index in [9.17, 15) is 13.2 Å². The fourth-order valence-electron chi connectivity index (χ4n) is 1.05. The maximum absolute atomic E-state index is 11.5. The van der Waals surface area contributed by atoms with E-state index >= 15 is 0 Å². The van der Waals surface area contributed by atoms with Crippen molar-refractivity contribution in [3.05, 3.63) is 0 Å². The molecule has 14 heavy (non-hydrogen) atoms. The predicted molar refractivity (Wildman–Crippen MR) is 53.0 cm³/mol. The van der Waals surface area contributed by atoms with Gasteiger partial charge in [-0.15, -0.1) is 13.2 Å². The summed E-state index contributed by atoms with van der Waals surface area (Å²) in [5, 5.41) is 0. The first-order chi connectivity index (χ1) is 6.56. The summed E-state index contributed by atoms with van der Waals surface area (Å²) in [6.45, 7) is 2.13. The van der Waals surface area contributed by atoms with E-state index in [-0.39, 0.29) is 0 Å². The van der Waals surface area contributed by atoms with E-state index in [1.165, 1.54) is 19.3 Å². The van der Waals surface area contributed by atoms with Crippen LogP contribution in [0.3, 0.4) is 0 Å². The fraction of sp³-hybridized carbons (Fsp3) is 1.00. The lowest BCUT2D eigenvalue weighted by molar-refractivity contribution is -0.266. The van der Waals surface area contributed by atoms with Crippen LogP contribution in [0, 0.1) is 0 Å². The summed E-state index contributed by atoms with van der Waals surface area (Å²) >= 11 is 0.499. The molecule has 0 aliphatic heterocycles. The summed E-state index contributed by atoms with van der Waals surface area (Å²) in [5.41, 5.74) is 0. The molecule has 0 aromatic carbocycles. The van der Waals surface area contributed by atoms with Crippen molar-refractivity contribution >= 4 is 12.0 Å². The number of alkyl halides is 3. The molecule has 0 spiro atoms. The van der Waals surface area contributed by atoms with Gasteiger partial charge >= 0.3 is 6.36 Å². The van der Waals surface area contributed by atoms with Gasteiger partial charge in [0.2, 0.25) is 0 Å². The summed E-state index contributed by atoms with van der Waals surface area (Å²) in [5.74, 6) is 0.422. The third-order valence-corrected chi connectivity index (χ3v) is 2.50. The van der Waals surface area contributed by atoms with Crippen LogP contribution in [0.5, 0.6) is 0 Å². The second kappa shape index (κ2) is 8.41. The minimum Gasteiger partial charge on any atom is -0.220 e. The Bertz CT molecular complexity index is 128. The van der Waals surface area contributed by atoms with Crippen LogP contribution in [0.15, 0.2) is 0 Å². The number of unbranched alkanes of at least 4 members (excludes halogenated alkanes) is 5. The Morgan fingerprint density at radius 1 is 1.00 bits per heavy atom. The molecule has 0 N–H and O–H groups in total. The Labute approximate surface area is 87.6 Å². The zero-order chi connectivity index (χ0) is 10.9. The molecule has 0 aliphatic rings. The van der Waals surface area contributed by atoms with Gasteiger partial charge in [0.25, 0.3) is 0 Å². The van der Waals surface area contributed by atoms with E-state index in [1.807, 2.05) is 0 Å². The lowest BCUT2D eigenvalue weighted by Crippen LogP contribution is -2.08. The molecule has 0 amide bonds. The van der Waals surface area contributed by atoms with Gasteiger partial charge in [-0.2, -0.15) is 0 Å². The third kappa shape index (κ3) is 12.1. The first kappa shape index (κ1) is 14.1. The second-order valence-electron chi connectivity index (χ2n) is 3.12. The molecule has 0 saturated carbocycles. The summed E-state index contributed by atoms with van der Waals surface area (Å²) in [4.78, 5) is 0. The van der Waals surface area contributed by atoms with Gasteiger partial charge in [0.1, 0.15) is 0 Å². The molecule has 0 unspecified atom stereocenters. The van der Waals surface area contributed by atoms with Gasteiger partial charge in [-0.25, -0.2) is 4.18 Å². The van der Waals surface area contributed by atoms with Crippen LogP contribution >= 0.6 is 12.0 Å². The van der Waals surface area contributed by atoms with Crippen LogP contribution in [-0.2, 0) is 4.18 Å². The van der Waals surface area contributed by atoms with E-state index in [1.54, 1.807) is 0 Å². The van der Waals surface area contributed by atoms with Crippen molar-refractivity contribution in [3.63, 3.8) is 0 Å². The molecule has 0 bridgehead atoms. The number of hydrogen-bond acceptors (Lipinski definition) is 2. The molecular weight excluding hydrogens is 213 g/mol. The van der Waals surface area contributed by atoms with Gasteiger partial charge in [-0.3, -0.25) is 0 Å². The molecule has 0 saturated heterocycles. The zero-order valence-corrected chi connectivity index (χ0v) is 9.22. The first-order valence-corrected chi connectivity index (χ1v) is 5.84. The molecule has 0 heterocycles. The Morgan fingerprint density at radius 2 is 1.57 bits per heavy atom. The fourth-order valence-corrected chi connectivity index (χ4v) is 1.59. The Hall–Kier alpha value is 0.100. The molecule has 86 valence electrons. The molecule has 0 rings (SSSR count). The Morgan fingerprint density at radius 3 is 2.14 bits per heavy atom. The molecule has 0 atom stereocenters. The van der Waals surface area contributed by atoms with Crippen LogP contribution < -0.4 is 0 Å². The smallest absolute Gasteiger partial charge is 0.220 e. The first-order valence-electron chi connectivity index (χ1n) is 4.93. The monoisotopic (exact) mass is 230 g/mol. The van der Waals surface area contributed by atoms with Crippen molar-refractivity contribution in [2.75, 3.05) is 5.75 Å². The van der Waals surface area contributed by atoms with Crippen LogP contribution in [0.2, 0.25) is 0 Å². The molecule has 0 radical (unpaired) electrons. The van der Waals surface area contributed by atoms with Crippen molar-refractivity contribution in [2.24, 2.45) is 0 Å². The van der Waals surface area contributed by atoms with Crippen molar-refractivity contribution in [1.82, 2.24) is 0 Å². The standard InChI is InChI=1S/C9H17F3OS/c1-2-3-4-5-6-7-8-14-13-9(10,11)12/h2-8H2,1H3. The maximum Gasteiger partial charge on any atom is 0.533 e. The molecule has 0 aromatic heterocycles. The normalized spacial score (nSPS) is 12.0. The quantitative estimate of drug-likeness (QED) is 0.447. The SMILES string of the molecule is CCCCCCCCSOC(F)(F)F. The van der Waals surface area contributed by atoms with E-state index in [2.05, 4.69) is 11.1 Å². The van der Waals surface area contributed by atoms with Gasteiger partial charge < -0.3 is 0 Å². The molecule has 0 fully saturated rings. The summed E-state index contributed by atoms with van der Waals surface area (Å²) in [6, 6.07) is 0. The van der Waals surface area contributed by atoms with Crippen LogP contribution in [-0.4, -0.2) is 12.1 Å². The lowest BCUT2D eigenvalue weighted by atomic mass is 10.1. The van der Waals surface area contributed by atoms with Crippen LogP contribution in [0.4, 0.5) is 13.2 Å². The van der Waals surface area contributed by atoms with Crippen molar-refractivity contribution in [2.45, 2.75) is 51.8 Å². The van der Waals surface area contributed by atoms with Crippen LogP contribution in [0.25, 0.3) is 0 Å². The van der Waals surface area contributed by atoms with E-state index < -0.39 is 6.36 Å². The van der Waals surface area contributed by atoms with Gasteiger partial charge in [-0.05, 0) is 6.42 Å². The van der Waals surface area contributed by atoms with Gasteiger partial charge in [0, 0.05) is 17.8 Å². The molecule has 5 heteroatoms. The van der Waals surface area contributed by atoms with Crippen LogP contribution in [0.1, 0.15) is 45.4 Å². The summed E-state index contributed by atoms with van der Waals surface area (Å²) in [6.07, 6.45) is 1.99. The topological polar surface area (TPSA) is 9.23 Å². The van der Waals surface area contributed by atoms with Gasteiger partial charge in [-0.1, -0.05) is 39.0 Å². The van der Waals surface area contributed by atoms with Gasteiger partial charge in [0.05, 0.1) is 0 Å². The zero-order valence-electron chi connectivity index (χ0n) is 8.40.